The molecule has 1 aliphatic carbocycles. The number of benzene rings is 2. The summed E-state index contributed by atoms with van der Waals surface area (Å²) >= 11 is 0. The number of hydrogen-bond donors (Lipinski definition) is 1. The van der Waals surface area contributed by atoms with E-state index in [4.69, 9.17) is 0 Å². The van der Waals surface area contributed by atoms with Gasteiger partial charge in [0.2, 0.25) is 0 Å². The zero-order valence-corrected chi connectivity index (χ0v) is 12.5. The van der Waals surface area contributed by atoms with Crippen molar-refractivity contribution in [2.45, 2.75) is 19.3 Å². The van der Waals surface area contributed by atoms with Gasteiger partial charge in [-0.1, -0.05) is 23.4 Å². The summed E-state index contributed by atoms with van der Waals surface area (Å²) in [5, 5.41) is 6.65. The lowest BCUT2D eigenvalue weighted by Gasteiger charge is -2.07. The number of aryl methyl sites for hydroxylation is 2. The van der Waals surface area contributed by atoms with E-state index in [9.17, 15) is 4.79 Å². The van der Waals surface area contributed by atoms with Crippen molar-refractivity contribution in [3.63, 3.8) is 0 Å². The molecule has 0 atom stereocenters. The fourth-order valence-corrected chi connectivity index (χ4v) is 2.69. The predicted molar refractivity (Wildman–Crippen MR) is 87.5 cm³/mol. The Morgan fingerprint density at radius 2 is 1.91 bits per heavy atom. The molecule has 0 saturated carbocycles. The lowest BCUT2D eigenvalue weighted by molar-refractivity contribution is 0.102. The monoisotopic (exact) mass is 294 g/mol. The molecule has 0 saturated heterocycles. The number of rotatable bonds is 4. The van der Waals surface area contributed by atoms with Gasteiger partial charge in [-0.2, -0.15) is 0 Å². The molecule has 4 heteroatoms. The van der Waals surface area contributed by atoms with Gasteiger partial charge in [0.1, 0.15) is 7.11 Å². The second-order valence-electron chi connectivity index (χ2n) is 5.33. The van der Waals surface area contributed by atoms with E-state index in [2.05, 4.69) is 27.4 Å². The third kappa shape index (κ3) is 3.17. The topological polar surface area (TPSA) is 50.7 Å². The lowest BCUT2D eigenvalue weighted by Crippen LogP contribution is -2.12. The SMILES string of the molecule is CO/N=C/c1ccc(C(=O)Nc2ccc3c(c2)CCC3)cc1. The van der Waals surface area contributed by atoms with Crippen molar-refractivity contribution in [3.05, 3.63) is 64.7 Å². The first-order valence-electron chi connectivity index (χ1n) is 7.36. The zero-order chi connectivity index (χ0) is 15.4. The van der Waals surface area contributed by atoms with Gasteiger partial charge < -0.3 is 10.2 Å². The van der Waals surface area contributed by atoms with Crippen LogP contribution in [0, 0.1) is 0 Å². The van der Waals surface area contributed by atoms with Crippen LogP contribution in [0.5, 0.6) is 0 Å². The number of oxime groups is 1. The van der Waals surface area contributed by atoms with Crippen LogP contribution in [0.25, 0.3) is 0 Å². The number of carbonyl (C=O) groups excluding carboxylic acids is 1. The van der Waals surface area contributed by atoms with Crippen LogP contribution in [0.2, 0.25) is 0 Å². The highest BCUT2D eigenvalue weighted by atomic mass is 16.6. The van der Waals surface area contributed by atoms with Crippen LogP contribution in [0.3, 0.4) is 0 Å². The number of carbonyl (C=O) groups is 1. The highest BCUT2D eigenvalue weighted by molar-refractivity contribution is 6.04. The van der Waals surface area contributed by atoms with Gasteiger partial charge >= 0.3 is 0 Å². The standard InChI is InChI=1S/C18H18N2O2/c1-22-19-12-13-5-7-15(8-6-13)18(21)20-17-10-9-14-3-2-4-16(14)11-17/h5-12H,2-4H2,1H3,(H,20,21)/b19-12+. The zero-order valence-electron chi connectivity index (χ0n) is 12.5. The summed E-state index contributed by atoms with van der Waals surface area (Å²) in [6.07, 6.45) is 5.06. The Kier molecular flexibility index (Phi) is 4.19. The van der Waals surface area contributed by atoms with E-state index < -0.39 is 0 Å². The fraction of sp³-hybridized carbons (Fsp3) is 0.222. The van der Waals surface area contributed by atoms with Gasteiger partial charge in [-0.3, -0.25) is 4.79 Å². The molecule has 1 N–H and O–H groups in total. The summed E-state index contributed by atoms with van der Waals surface area (Å²) in [6, 6.07) is 13.4. The van der Waals surface area contributed by atoms with Crippen LogP contribution in [-0.4, -0.2) is 19.2 Å². The van der Waals surface area contributed by atoms with Crippen LogP contribution in [0.15, 0.2) is 47.6 Å². The number of fused-ring (bicyclic) bond motifs is 1. The van der Waals surface area contributed by atoms with Crippen molar-refractivity contribution in [2.24, 2.45) is 5.16 Å². The second-order valence-corrected chi connectivity index (χ2v) is 5.33. The molecule has 0 bridgehead atoms. The average Bonchev–Trinajstić information content (AvgIpc) is 3.01. The minimum Gasteiger partial charge on any atom is -0.399 e. The summed E-state index contributed by atoms with van der Waals surface area (Å²) in [5.74, 6) is -0.104. The molecule has 0 radical (unpaired) electrons. The number of nitrogens with one attached hydrogen (secondary N) is 1. The van der Waals surface area contributed by atoms with E-state index in [1.165, 1.54) is 24.7 Å². The molecule has 1 aliphatic rings. The molecular formula is C18H18N2O2. The van der Waals surface area contributed by atoms with Crippen molar-refractivity contribution in [1.29, 1.82) is 0 Å². The van der Waals surface area contributed by atoms with Crippen LogP contribution in [0.4, 0.5) is 5.69 Å². The third-order valence-electron chi connectivity index (χ3n) is 3.84. The maximum atomic E-state index is 12.3. The lowest BCUT2D eigenvalue weighted by atomic mass is 10.1. The van der Waals surface area contributed by atoms with Crippen LogP contribution in [0.1, 0.15) is 33.5 Å². The second kappa shape index (κ2) is 6.43. The fourth-order valence-electron chi connectivity index (χ4n) is 2.69. The van der Waals surface area contributed by atoms with Crippen molar-refractivity contribution in [3.8, 4) is 0 Å². The van der Waals surface area contributed by atoms with Crippen LogP contribution >= 0.6 is 0 Å². The first-order chi connectivity index (χ1) is 10.8. The molecule has 22 heavy (non-hydrogen) atoms. The largest absolute Gasteiger partial charge is 0.399 e. The number of amides is 1. The molecule has 3 rings (SSSR count). The third-order valence-corrected chi connectivity index (χ3v) is 3.84. The molecule has 2 aromatic rings. The van der Waals surface area contributed by atoms with Crippen LogP contribution in [-0.2, 0) is 17.7 Å². The summed E-state index contributed by atoms with van der Waals surface area (Å²) < 4.78 is 0. The van der Waals surface area contributed by atoms with Gasteiger partial charge in [-0.05, 0) is 60.2 Å². The Morgan fingerprint density at radius 1 is 1.14 bits per heavy atom. The summed E-state index contributed by atoms with van der Waals surface area (Å²) in [7, 11) is 1.49. The Balaban J connectivity index is 1.70. The number of nitrogens with zero attached hydrogens (tertiary/aromatic N) is 1. The van der Waals surface area contributed by atoms with E-state index in [1.54, 1.807) is 18.3 Å². The molecule has 0 fully saturated rings. The Hall–Kier alpha value is -2.62. The highest BCUT2D eigenvalue weighted by Crippen LogP contribution is 2.25. The molecule has 0 aromatic heterocycles. The Labute approximate surface area is 129 Å². The van der Waals surface area contributed by atoms with Gasteiger partial charge in [-0.15, -0.1) is 0 Å². The van der Waals surface area contributed by atoms with Crippen molar-refractivity contribution < 1.29 is 9.63 Å². The molecule has 0 aliphatic heterocycles. The Morgan fingerprint density at radius 3 is 2.68 bits per heavy atom. The molecule has 112 valence electrons. The van der Waals surface area contributed by atoms with Crippen molar-refractivity contribution in [2.75, 3.05) is 12.4 Å². The van der Waals surface area contributed by atoms with E-state index in [0.717, 1.165) is 24.1 Å². The normalized spacial score (nSPS) is 13.1. The van der Waals surface area contributed by atoms with Crippen molar-refractivity contribution >= 4 is 17.8 Å². The van der Waals surface area contributed by atoms with Gasteiger partial charge in [-0.25, -0.2) is 0 Å². The predicted octanol–water partition coefficient (Wildman–Crippen LogP) is 3.41. The molecular weight excluding hydrogens is 276 g/mol. The van der Waals surface area contributed by atoms with E-state index >= 15 is 0 Å². The molecule has 0 unspecified atom stereocenters. The number of hydrogen-bond acceptors (Lipinski definition) is 3. The van der Waals surface area contributed by atoms with Gasteiger partial charge in [0.25, 0.3) is 5.91 Å². The maximum absolute atomic E-state index is 12.3. The average molecular weight is 294 g/mol. The smallest absolute Gasteiger partial charge is 0.255 e. The summed E-state index contributed by atoms with van der Waals surface area (Å²) in [4.78, 5) is 16.9. The van der Waals surface area contributed by atoms with Gasteiger partial charge in [0, 0.05) is 11.3 Å². The van der Waals surface area contributed by atoms with E-state index in [1.807, 2.05) is 18.2 Å². The molecule has 2 aromatic carbocycles. The highest BCUT2D eigenvalue weighted by Gasteiger charge is 2.12. The summed E-state index contributed by atoms with van der Waals surface area (Å²) in [6.45, 7) is 0. The minimum atomic E-state index is -0.104. The summed E-state index contributed by atoms with van der Waals surface area (Å²) in [5.41, 5.74) is 5.12. The molecule has 0 spiro atoms. The van der Waals surface area contributed by atoms with Gasteiger partial charge in [0.05, 0.1) is 6.21 Å². The van der Waals surface area contributed by atoms with E-state index in [0.29, 0.717) is 5.56 Å². The quantitative estimate of drug-likeness (QED) is 0.694. The maximum Gasteiger partial charge on any atom is 0.255 e. The first kappa shape index (κ1) is 14.3. The van der Waals surface area contributed by atoms with Gasteiger partial charge in [0.15, 0.2) is 0 Å². The molecule has 0 heterocycles. The molecule has 1 amide bonds. The number of anilines is 1. The molecule has 4 nitrogen and oxygen atoms in total. The van der Waals surface area contributed by atoms with E-state index in [-0.39, 0.29) is 5.91 Å². The van der Waals surface area contributed by atoms with Crippen LogP contribution < -0.4 is 5.32 Å². The Bertz CT molecular complexity index is 706. The minimum absolute atomic E-state index is 0.104. The first-order valence-corrected chi connectivity index (χ1v) is 7.36. The van der Waals surface area contributed by atoms with Crippen molar-refractivity contribution in [1.82, 2.24) is 0 Å².